The van der Waals surface area contributed by atoms with E-state index in [0.29, 0.717) is 31.3 Å². The van der Waals surface area contributed by atoms with Gasteiger partial charge in [0.2, 0.25) is 0 Å². The van der Waals surface area contributed by atoms with Crippen molar-refractivity contribution in [3.8, 4) is 0 Å². The molecule has 4 nitrogen and oxygen atoms in total. The Kier molecular flexibility index (Phi) is 6.45. The molecule has 2 N–H and O–H groups in total. The van der Waals surface area contributed by atoms with E-state index in [1.807, 2.05) is 20.0 Å². The van der Waals surface area contributed by atoms with Crippen LogP contribution in [-0.4, -0.2) is 22.6 Å². The lowest BCUT2D eigenvalue weighted by molar-refractivity contribution is -0.142. The number of aliphatic carboxylic acids is 1. The minimum Gasteiger partial charge on any atom is -0.481 e. The summed E-state index contributed by atoms with van der Waals surface area (Å²) in [6.45, 7) is 9.54. The zero-order chi connectivity index (χ0) is 14.4. The number of carboxylic acids is 1. The summed E-state index contributed by atoms with van der Waals surface area (Å²) in [5.41, 5.74) is 0. The van der Waals surface area contributed by atoms with Crippen molar-refractivity contribution in [2.75, 3.05) is 6.54 Å². The summed E-state index contributed by atoms with van der Waals surface area (Å²) in [5.74, 6) is -0.137. The molecule has 0 aliphatic carbocycles. The van der Waals surface area contributed by atoms with E-state index >= 15 is 0 Å². The highest BCUT2D eigenvalue weighted by Crippen LogP contribution is 2.21. The summed E-state index contributed by atoms with van der Waals surface area (Å²) in [7, 11) is 0. The molecular weight excluding hydrogens is 260 g/mol. The number of nitrogens with one attached hydrogen (secondary N) is 1. The van der Waals surface area contributed by atoms with Gasteiger partial charge < -0.3 is 10.4 Å². The maximum Gasteiger partial charge on any atom is 0.307 e. The first-order valence-electron chi connectivity index (χ1n) is 6.78. The third-order valence-corrected chi connectivity index (χ3v) is 4.21. The van der Waals surface area contributed by atoms with Crippen molar-refractivity contribution in [2.24, 2.45) is 11.8 Å². The van der Waals surface area contributed by atoms with Crippen molar-refractivity contribution in [2.45, 2.75) is 46.6 Å². The van der Waals surface area contributed by atoms with E-state index in [4.69, 9.17) is 5.11 Å². The van der Waals surface area contributed by atoms with Crippen LogP contribution in [0, 0.1) is 11.8 Å². The summed E-state index contributed by atoms with van der Waals surface area (Å²) < 4.78 is 0. The highest BCUT2D eigenvalue weighted by molar-refractivity contribution is 7.11. The van der Waals surface area contributed by atoms with Gasteiger partial charge in [-0.1, -0.05) is 27.7 Å². The Labute approximate surface area is 119 Å². The van der Waals surface area contributed by atoms with Crippen LogP contribution in [-0.2, 0) is 11.3 Å². The number of nitrogens with zero attached hydrogens (tertiary/aromatic N) is 1. The van der Waals surface area contributed by atoms with Crippen molar-refractivity contribution in [1.82, 2.24) is 10.3 Å². The lowest BCUT2D eigenvalue weighted by atomic mass is 9.97. The third kappa shape index (κ3) is 5.70. The van der Waals surface area contributed by atoms with Crippen LogP contribution in [0.5, 0.6) is 0 Å². The molecule has 0 saturated carbocycles. The van der Waals surface area contributed by atoms with Crippen LogP contribution in [0.25, 0.3) is 0 Å². The van der Waals surface area contributed by atoms with Gasteiger partial charge in [0.05, 0.1) is 5.92 Å². The van der Waals surface area contributed by atoms with Crippen molar-refractivity contribution in [3.05, 3.63) is 16.1 Å². The fourth-order valence-electron chi connectivity index (χ4n) is 1.87. The normalized spacial score (nSPS) is 13.2. The first-order valence-corrected chi connectivity index (χ1v) is 7.60. The molecule has 0 aliphatic heterocycles. The van der Waals surface area contributed by atoms with Gasteiger partial charge in [-0.15, -0.1) is 11.3 Å². The number of thiazole rings is 1. The Morgan fingerprint density at radius 3 is 2.58 bits per heavy atom. The van der Waals surface area contributed by atoms with Gasteiger partial charge in [-0.25, -0.2) is 4.98 Å². The Hall–Kier alpha value is -0.940. The van der Waals surface area contributed by atoms with Crippen LogP contribution < -0.4 is 5.32 Å². The van der Waals surface area contributed by atoms with Gasteiger partial charge in [0.1, 0.15) is 5.01 Å². The molecule has 1 heterocycles. The summed E-state index contributed by atoms with van der Waals surface area (Å²) in [6.07, 6.45) is 2.62. The van der Waals surface area contributed by atoms with Crippen LogP contribution >= 0.6 is 11.3 Å². The molecule has 0 fully saturated rings. The van der Waals surface area contributed by atoms with Gasteiger partial charge in [0, 0.05) is 24.2 Å². The number of carboxylic acid groups (broad SMARTS) is 1. The zero-order valence-electron chi connectivity index (χ0n) is 12.1. The molecule has 19 heavy (non-hydrogen) atoms. The molecule has 108 valence electrons. The molecule has 0 saturated heterocycles. The number of hydrogen-bond acceptors (Lipinski definition) is 4. The largest absolute Gasteiger partial charge is 0.481 e. The average molecular weight is 284 g/mol. The summed E-state index contributed by atoms with van der Waals surface area (Å²) >= 11 is 1.69. The smallest absolute Gasteiger partial charge is 0.307 e. The second kappa shape index (κ2) is 7.60. The van der Waals surface area contributed by atoms with E-state index in [1.165, 1.54) is 4.88 Å². The van der Waals surface area contributed by atoms with Gasteiger partial charge in [-0.3, -0.25) is 4.79 Å². The van der Waals surface area contributed by atoms with E-state index in [-0.39, 0.29) is 5.92 Å². The van der Waals surface area contributed by atoms with Crippen molar-refractivity contribution in [1.29, 1.82) is 0 Å². The first kappa shape index (κ1) is 16.1. The first-order chi connectivity index (χ1) is 8.90. The van der Waals surface area contributed by atoms with Crippen molar-refractivity contribution < 1.29 is 9.90 Å². The highest BCUT2D eigenvalue weighted by atomic mass is 32.1. The number of rotatable bonds is 8. The SMILES string of the molecule is CC(C)CC(CNCc1ncc(C(C)C)s1)C(=O)O. The Balaban J connectivity index is 2.40. The second-order valence-corrected chi connectivity index (χ2v) is 6.75. The molecule has 0 bridgehead atoms. The van der Waals surface area contributed by atoms with Crippen LogP contribution in [0.15, 0.2) is 6.20 Å². The maximum absolute atomic E-state index is 11.1. The van der Waals surface area contributed by atoms with Crippen LogP contribution in [0.1, 0.15) is 49.9 Å². The molecule has 1 unspecified atom stereocenters. The zero-order valence-corrected chi connectivity index (χ0v) is 13.0. The van der Waals surface area contributed by atoms with Gasteiger partial charge in [-0.05, 0) is 18.3 Å². The molecule has 0 radical (unpaired) electrons. The number of hydrogen-bond donors (Lipinski definition) is 2. The molecule has 1 aromatic rings. The van der Waals surface area contributed by atoms with Gasteiger partial charge in [-0.2, -0.15) is 0 Å². The van der Waals surface area contributed by atoms with E-state index in [1.54, 1.807) is 11.3 Å². The van der Waals surface area contributed by atoms with Gasteiger partial charge >= 0.3 is 5.97 Å². The maximum atomic E-state index is 11.1. The predicted molar refractivity (Wildman–Crippen MR) is 78.5 cm³/mol. The van der Waals surface area contributed by atoms with Crippen molar-refractivity contribution >= 4 is 17.3 Å². The van der Waals surface area contributed by atoms with E-state index in [9.17, 15) is 4.79 Å². The topological polar surface area (TPSA) is 62.2 Å². The molecule has 1 atom stereocenters. The molecular formula is C14H24N2O2S. The highest BCUT2D eigenvalue weighted by Gasteiger charge is 2.18. The molecule has 0 spiro atoms. The van der Waals surface area contributed by atoms with Crippen LogP contribution in [0.3, 0.4) is 0 Å². The van der Waals surface area contributed by atoms with Crippen molar-refractivity contribution in [3.63, 3.8) is 0 Å². The lowest BCUT2D eigenvalue weighted by Gasteiger charge is -2.14. The van der Waals surface area contributed by atoms with E-state index < -0.39 is 5.97 Å². The Morgan fingerprint density at radius 2 is 2.11 bits per heavy atom. The van der Waals surface area contributed by atoms with Gasteiger partial charge in [0.25, 0.3) is 0 Å². The van der Waals surface area contributed by atoms with Crippen LogP contribution in [0.2, 0.25) is 0 Å². The fourth-order valence-corrected chi connectivity index (χ4v) is 2.76. The average Bonchev–Trinajstić information content (AvgIpc) is 2.75. The predicted octanol–water partition coefficient (Wildman–Crippen LogP) is 3.10. The fraction of sp³-hybridized carbons (Fsp3) is 0.714. The Bertz CT molecular complexity index is 402. The minimum atomic E-state index is -0.719. The molecule has 0 aromatic carbocycles. The standard InChI is InChI=1S/C14H24N2O2S/c1-9(2)5-11(14(17)18)6-15-8-13-16-7-12(19-13)10(3)4/h7,9-11,15H,5-6,8H2,1-4H3,(H,17,18). The number of carbonyl (C=O) groups is 1. The summed E-state index contributed by atoms with van der Waals surface area (Å²) in [5, 5.41) is 13.4. The molecule has 1 aromatic heterocycles. The monoisotopic (exact) mass is 284 g/mol. The second-order valence-electron chi connectivity index (χ2n) is 5.61. The third-order valence-electron chi connectivity index (χ3n) is 2.91. The lowest BCUT2D eigenvalue weighted by Crippen LogP contribution is -2.29. The quantitative estimate of drug-likeness (QED) is 0.770. The summed E-state index contributed by atoms with van der Waals surface area (Å²) in [4.78, 5) is 16.7. The number of aromatic nitrogens is 1. The summed E-state index contributed by atoms with van der Waals surface area (Å²) in [6, 6.07) is 0. The molecule has 0 aliphatic rings. The Morgan fingerprint density at radius 1 is 1.42 bits per heavy atom. The van der Waals surface area contributed by atoms with E-state index in [0.717, 1.165) is 5.01 Å². The molecule has 0 amide bonds. The van der Waals surface area contributed by atoms with Gasteiger partial charge in [0.15, 0.2) is 0 Å². The van der Waals surface area contributed by atoms with Crippen LogP contribution in [0.4, 0.5) is 0 Å². The minimum absolute atomic E-state index is 0.315. The molecule has 1 rings (SSSR count). The van der Waals surface area contributed by atoms with E-state index in [2.05, 4.69) is 24.1 Å². The molecule has 5 heteroatoms.